The van der Waals surface area contributed by atoms with E-state index in [9.17, 15) is 9.59 Å². The second-order valence-electron chi connectivity index (χ2n) is 3.36. The lowest BCUT2D eigenvalue weighted by Crippen LogP contribution is -2.14. The third-order valence-corrected chi connectivity index (χ3v) is 2.01. The average molecular weight is 261 g/mol. The van der Waals surface area contributed by atoms with Gasteiger partial charge in [0, 0.05) is 11.5 Å². The normalized spacial score (nSPS) is 8.95. The number of esters is 1. The zero-order chi connectivity index (χ0) is 14.1. The van der Waals surface area contributed by atoms with Crippen molar-refractivity contribution in [2.75, 3.05) is 18.5 Å². The molecule has 100 valence electrons. The minimum Gasteiger partial charge on any atom is -0.456 e. The zero-order valence-corrected chi connectivity index (χ0v) is 10.9. The fraction of sp³-hybridized carbons (Fsp3) is 0.286. The van der Waals surface area contributed by atoms with Crippen LogP contribution in [-0.2, 0) is 14.3 Å². The summed E-state index contributed by atoms with van der Waals surface area (Å²) in [6, 6.07) is 6.86. The molecular weight excluding hydrogens is 246 g/mol. The number of ether oxygens (including phenoxy) is 2. The summed E-state index contributed by atoms with van der Waals surface area (Å²) in [5.41, 5.74) is 1.00. The molecule has 0 bridgehead atoms. The third-order valence-electron chi connectivity index (χ3n) is 2.01. The Morgan fingerprint density at radius 2 is 1.84 bits per heavy atom. The number of amides is 1. The molecular formula is C14H15NO4. The smallest absolute Gasteiger partial charge is 0.411 e. The molecule has 0 saturated heterocycles. The quantitative estimate of drug-likeness (QED) is 0.669. The zero-order valence-electron chi connectivity index (χ0n) is 10.9. The van der Waals surface area contributed by atoms with E-state index in [-0.39, 0.29) is 13.2 Å². The molecule has 0 unspecified atom stereocenters. The van der Waals surface area contributed by atoms with E-state index in [1.807, 2.05) is 0 Å². The second kappa shape index (κ2) is 7.77. The van der Waals surface area contributed by atoms with E-state index >= 15 is 0 Å². The van der Waals surface area contributed by atoms with Gasteiger partial charge in [-0.2, -0.15) is 0 Å². The Morgan fingerprint density at radius 3 is 2.53 bits per heavy atom. The fourth-order valence-corrected chi connectivity index (χ4v) is 1.26. The summed E-state index contributed by atoms with van der Waals surface area (Å²) in [6.07, 6.45) is -0.562. The van der Waals surface area contributed by atoms with E-state index in [0.717, 1.165) is 0 Å². The molecule has 5 heteroatoms. The predicted octanol–water partition coefficient (Wildman–Crippen LogP) is 2.17. The highest BCUT2D eigenvalue weighted by Gasteiger charge is 2.05. The van der Waals surface area contributed by atoms with Crippen LogP contribution in [0.3, 0.4) is 0 Å². The number of benzene rings is 1. The lowest BCUT2D eigenvalue weighted by atomic mass is 10.2. The van der Waals surface area contributed by atoms with Gasteiger partial charge in [-0.15, -0.1) is 0 Å². The van der Waals surface area contributed by atoms with Crippen molar-refractivity contribution < 1.29 is 19.1 Å². The molecule has 1 aromatic rings. The molecule has 1 amide bonds. The van der Waals surface area contributed by atoms with Gasteiger partial charge in [0.15, 0.2) is 0 Å². The Hall–Kier alpha value is -2.48. The van der Waals surface area contributed by atoms with E-state index in [4.69, 9.17) is 9.47 Å². The van der Waals surface area contributed by atoms with Crippen molar-refractivity contribution in [3.63, 3.8) is 0 Å². The van der Waals surface area contributed by atoms with E-state index in [1.165, 1.54) is 0 Å². The summed E-state index contributed by atoms with van der Waals surface area (Å²) < 4.78 is 9.47. The molecule has 1 N–H and O–H groups in total. The molecule has 0 aliphatic carbocycles. The Balaban J connectivity index is 2.84. The maximum Gasteiger partial charge on any atom is 0.411 e. The average Bonchev–Trinajstić information content (AvgIpc) is 2.38. The molecule has 0 heterocycles. The van der Waals surface area contributed by atoms with Gasteiger partial charge >= 0.3 is 12.1 Å². The van der Waals surface area contributed by atoms with E-state index < -0.39 is 12.1 Å². The number of nitrogens with one attached hydrogen (secondary N) is 1. The Labute approximate surface area is 111 Å². The molecule has 5 nitrogen and oxygen atoms in total. The first-order chi connectivity index (χ1) is 9.17. The molecule has 0 saturated carbocycles. The molecule has 0 radical (unpaired) electrons. The Bertz CT molecular complexity index is 514. The first-order valence-corrected chi connectivity index (χ1v) is 5.89. The van der Waals surface area contributed by atoms with Crippen LogP contribution in [0.5, 0.6) is 0 Å². The first kappa shape index (κ1) is 14.6. The van der Waals surface area contributed by atoms with Crippen molar-refractivity contribution in [2.24, 2.45) is 0 Å². The summed E-state index contributed by atoms with van der Waals surface area (Å²) in [7, 11) is 0. The van der Waals surface area contributed by atoms with Crippen LogP contribution in [0.2, 0.25) is 0 Å². The van der Waals surface area contributed by atoms with Crippen molar-refractivity contribution in [3.05, 3.63) is 29.8 Å². The van der Waals surface area contributed by atoms with Gasteiger partial charge in [0.1, 0.15) is 0 Å². The number of anilines is 1. The van der Waals surface area contributed by atoms with Crippen molar-refractivity contribution in [3.8, 4) is 11.8 Å². The number of rotatable bonds is 3. The van der Waals surface area contributed by atoms with Crippen LogP contribution in [-0.4, -0.2) is 25.3 Å². The number of hydrogen-bond acceptors (Lipinski definition) is 4. The van der Waals surface area contributed by atoms with Crippen LogP contribution in [0.4, 0.5) is 10.5 Å². The van der Waals surface area contributed by atoms with Crippen molar-refractivity contribution in [1.82, 2.24) is 0 Å². The molecule has 0 aliphatic rings. The lowest BCUT2D eigenvalue weighted by molar-refractivity contribution is -0.136. The van der Waals surface area contributed by atoms with Crippen molar-refractivity contribution in [2.45, 2.75) is 13.8 Å². The van der Waals surface area contributed by atoms with Crippen LogP contribution in [0.25, 0.3) is 0 Å². The summed E-state index contributed by atoms with van der Waals surface area (Å²) in [5.74, 6) is 4.39. The Kier molecular flexibility index (Phi) is 5.96. The van der Waals surface area contributed by atoms with E-state index in [2.05, 4.69) is 17.2 Å². The first-order valence-electron chi connectivity index (χ1n) is 5.89. The molecule has 19 heavy (non-hydrogen) atoms. The largest absolute Gasteiger partial charge is 0.456 e. The predicted molar refractivity (Wildman–Crippen MR) is 70.6 cm³/mol. The maximum atomic E-state index is 11.3. The van der Waals surface area contributed by atoms with Gasteiger partial charge in [-0.3, -0.25) is 5.32 Å². The van der Waals surface area contributed by atoms with Gasteiger partial charge in [-0.25, -0.2) is 9.59 Å². The summed E-state index contributed by atoms with van der Waals surface area (Å²) >= 11 is 0. The number of hydrogen-bond donors (Lipinski definition) is 1. The molecule has 0 aromatic heterocycles. The number of para-hydroxylation sites is 1. The van der Waals surface area contributed by atoms with Crippen molar-refractivity contribution in [1.29, 1.82) is 0 Å². The molecule has 1 rings (SSSR count). The molecule has 1 aromatic carbocycles. The van der Waals surface area contributed by atoms with Crippen LogP contribution < -0.4 is 5.32 Å². The SMILES string of the molecule is CCOC(=O)C#Cc1ccccc1NC(=O)OCC. The fourth-order valence-electron chi connectivity index (χ4n) is 1.26. The van der Waals surface area contributed by atoms with Crippen molar-refractivity contribution >= 4 is 17.7 Å². The van der Waals surface area contributed by atoms with Gasteiger partial charge in [-0.05, 0) is 26.0 Å². The standard InChI is InChI=1S/C14H15NO4/c1-3-18-13(16)10-9-11-7-5-6-8-12(11)15-14(17)19-4-2/h5-8H,3-4H2,1-2H3,(H,15,17). The number of carbonyl (C=O) groups excluding carboxylic acids is 2. The number of carbonyl (C=O) groups is 2. The van der Waals surface area contributed by atoms with Gasteiger partial charge in [0.05, 0.1) is 18.9 Å². The summed E-state index contributed by atoms with van der Waals surface area (Å²) in [5, 5.41) is 2.55. The maximum absolute atomic E-state index is 11.3. The third kappa shape index (κ3) is 5.13. The van der Waals surface area contributed by atoms with E-state index in [0.29, 0.717) is 11.3 Å². The van der Waals surface area contributed by atoms with Crippen LogP contribution in [0, 0.1) is 11.8 Å². The minimum absolute atomic E-state index is 0.274. The highest BCUT2D eigenvalue weighted by Crippen LogP contribution is 2.13. The summed E-state index contributed by atoms with van der Waals surface area (Å²) in [6.45, 7) is 3.97. The monoisotopic (exact) mass is 261 g/mol. The van der Waals surface area contributed by atoms with Crippen LogP contribution >= 0.6 is 0 Å². The van der Waals surface area contributed by atoms with Gasteiger partial charge < -0.3 is 9.47 Å². The molecule has 0 fully saturated rings. The Morgan fingerprint density at radius 1 is 1.16 bits per heavy atom. The topological polar surface area (TPSA) is 64.6 Å². The van der Waals surface area contributed by atoms with E-state index in [1.54, 1.807) is 38.1 Å². The second-order valence-corrected chi connectivity index (χ2v) is 3.36. The molecule has 0 aliphatic heterocycles. The lowest BCUT2D eigenvalue weighted by Gasteiger charge is -2.06. The van der Waals surface area contributed by atoms with Crippen LogP contribution in [0.1, 0.15) is 19.4 Å². The summed E-state index contributed by atoms with van der Waals surface area (Å²) in [4.78, 5) is 22.5. The molecule has 0 atom stereocenters. The van der Waals surface area contributed by atoms with Gasteiger partial charge in [-0.1, -0.05) is 18.1 Å². The highest BCUT2D eigenvalue weighted by molar-refractivity contribution is 5.91. The van der Waals surface area contributed by atoms with Crippen LogP contribution in [0.15, 0.2) is 24.3 Å². The molecule has 0 spiro atoms. The minimum atomic E-state index is -0.603. The van der Waals surface area contributed by atoms with Gasteiger partial charge in [0.2, 0.25) is 0 Å². The van der Waals surface area contributed by atoms with Gasteiger partial charge in [0.25, 0.3) is 0 Å². The highest BCUT2D eigenvalue weighted by atomic mass is 16.5.